The van der Waals surface area contributed by atoms with E-state index in [-0.39, 0.29) is 25.7 Å². The highest BCUT2D eigenvalue weighted by molar-refractivity contribution is 4.86. The van der Waals surface area contributed by atoms with Gasteiger partial charge in [-0.05, 0) is 18.8 Å². The van der Waals surface area contributed by atoms with Crippen molar-refractivity contribution in [2.75, 3.05) is 19.8 Å². The molecular weight excluding hydrogens is 204 g/mol. The van der Waals surface area contributed by atoms with Crippen LogP contribution in [0, 0.1) is 11.3 Å². The summed E-state index contributed by atoms with van der Waals surface area (Å²) in [6, 6.07) is 0. The normalized spacial score (nSPS) is 27.6. The van der Waals surface area contributed by atoms with Crippen LogP contribution in [0.25, 0.3) is 0 Å². The molecule has 1 aliphatic rings. The fourth-order valence-electron chi connectivity index (χ4n) is 2.84. The average molecular weight is 230 g/mol. The van der Waals surface area contributed by atoms with Crippen LogP contribution in [-0.4, -0.2) is 35.1 Å². The monoisotopic (exact) mass is 230 g/mol. The molecule has 0 bridgehead atoms. The predicted octanol–water partition coefficient (Wildman–Crippen LogP) is 1.70. The third kappa shape index (κ3) is 3.44. The lowest BCUT2D eigenvalue weighted by Crippen LogP contribution is -2.40. The Labute approximate surface area is 98.5 Å². The second kappa shape index (κ2) is 7.25. The van der Waals surface area contributed by atoms with E-state index in [1.807, 2.05) is 0 Å². The highest BCUT2D eigenvalue weighted by Crippen LogP contribution is 2.37. The SMILES string of the molecule is OCC1CCCCCCCCC1(CO)CO. The zero-order valence-electron chi connectivity index (χ0n) is 10.2. The van der Waals surface area contributed by atoms with Crippen molar-refractivity contribution in [2.24, 2.45) is 11.3 Å². The molecule has 0 aromatic rings. The van der Waals surface area contributed by atoms with Gasteiger partial charge < -0.3 is 15.3 Å². The van der Waals surface area contributed by atoms with Gasteiger partial charge in [0.2, 0.25) is 0 Å². The van der Waals surface area contributed by atoms with Crippen molar-refractivity contribution in [1.29, 1.82) is 0 Å². The molecule has 96 valence electrons. The van der Waals surface area contributed by atoms with Crippen LogP contribution in [0.3, 0.4) is 0 Å². The standard InChI is InChI=1S/C13H26O3/c14-9-12-7-5-3-1-2-4-6-8-13(12,10-15)11-16/h12,14-16H,1-11H2. The van der Waals surface area contributed by atoms with Crippen LogP contribution in [0.5, 0.6) is 0 Å². The second-order valence-electron chi connectivity index (χ2n) is 5.22. The summed E-state index contributed by atoms with van der Waals surface area (Å²) in [5.74, 6) is 0.0561. The van der Waals surface area contributed by atoms with Gasteiger partial charge in [0, 0.05) is 12.0 Å². The van der Waals surface area contributed by atoms with Crippen molar-refractivity contribution >= 4 is 0 Å². The fraction of sp³-hybridized carbons (Fsp3) is 1.00. The van der Waals surface area contributed by atoms with Crippen LogP contribution in [0.1, 0.15) is 51.4 Å². The van der Waals surface area contributed by atoms with Crippen molar-refractivity contribution in [3.63, 3.8) is 0 Å². The van der Waals surface area contributed by atoms with E-state index in [0.29, 0.717) is 0 Å². The number of hydrogen-bond donors (Lipinski definition) is 3. The lowest BCUT2D eigenvalue weighted by atomic mass is 9.70. The van der Waals surface area contributed by atoms with Crippen LogP contribution >= 0.6 is 0 Å². The Morgan fingerprint density at radius 3 is 1.94 bits per heavy atom. The van der Waals surface area contributed by atoms with Gasteiger partial charge in [0.15, 0.2) is 0 Å². The van der Waals surface area contributed by atoms with Crippen LogP contribution in [0.2, 0.25) is 0 Å². The van der Waals surface area contributed by atoms with E-state index in [1.165, 1.54) is 25.7 Å². The summed E-state index contributed by atoms with van der Waals surface area (Å²) in [7, 11) is 0. The van der Waals surface area contributed by atoms with Crippen molar-refractivity contribution in [1.82, 2.24) is 0 Å². The number of aliphatic hydroxyl groups excluding tert-OH is 3. The summed E-state index contributed by atoms with van der Waals surface area (Å²) in [6.07, 6.45) is 8.86. The third-order valence-corrected chi connectivity index (χ3v) is 4.19. The van der Waals surface area contributed by atoms with Gasteiger partial charge >= 0.3 is 0 Å². The van der Waals surface area contributed by atoms with Gasteiger partial charge in [-0.15, -0.1) is 0 Å². The van der Waals surface area contributed by atoms with Crippen molar-refractivity contribution in [2.45, 2.75) is 51.4 Å². The van der Waals surface area contributed by atoms with E-state index in [1.54, 1.807) is 0 Å². The second-order valence-corrected chi connectivity index (χ2v) is 5.22. The molecule has 0 saturated heterocycles. The molecule has 3 nitrogen and oxygen atoms in total. The molecule has 0 aromatic carbocycles. The van der Waals surface area contributed by atoms with E-state index in [4.69, 9.17) is 0 Å². The van der Waals surface area contributed by atoms with Crippen LogP contribution < -0.4 is 0 Å². The van der Waals surface area contributed by atoms with Gasteiger partial charge in [-0.2, -0.15) is 0 Å². The molecule has 0 heterocycles. The largest absolute Gasteiger partial charge is 0.396 e. The van der Waals surface area contributed by atoms with Gasteiger partial charge in [-0.1, -0.05) is 38.5 Å². The van der Waals surface area contributed by atoms with Crippen molar-refractivity contribution < 1.29 is 15.3 Å². The Morgan fingerprint density at radius 2 is 1.38 bits per heavy atom. The highest BCUT2D eigenvalue weighted by atomic mass is 16.3. The number of rotatable bonds is 3. The van der Waals surface area contributed by atoms with Crippen molar-refractivity contribution in [3.8, 4) is 0 Å². The molecule has 1 unspecified atom stereocenters. The van der Waals surface area contributed by atoms with Gasteiger partial charge in [-0.25, -0.2) is 0 Å². The summed E-state index contributed by atoms with van der Waals surface area (Å²) in [5, 5.41) is 28.5. The summed E-state index contributed by atoms with van der Waals surface area (Å²) in [5.41, 5.74) is -0.452. The van der Waals surface area contributed by atoms with Gasteiger partial charge in [0.25, 0.3) is 0 Å². The summed E-state index contributed by atoms with van der Waals surface area (Å²) < 4.78 is 0. The minimum absolute atomic E-state index is 0.00523. The minimum Gasteiger partial charge on any atom is -0.396 e. The molecule has 1 atom stereocenters. The maximum atomic E-state index is 9.55. The summed E-state index contributed by atoms with van der Waals surface area (Å²) in [6.45, 7) is 0.0740. The molecule has 0 amide bonds. The average Bonchev–Trinajstić information content (AvgIpc) is 2.34. The Balaban J connectivity index is 2.69. The van der Waals surface area contributed by atoms with E-state index in [0.717, 1.165) is 25.7 Å². The maximum Gasteiger partial charge on any atom is 0.0512 e. The third-order valence-electron chi connectivity index (χ3n) is 4.19. The molecule has 1 rings (SSSR count). The summed E-state index contributed by atoms with van der Waals surface area (Å²) >= 11 is 0. The zero-order chi connectivity index (χ0) is 11.9. The van der Waals surface area contributed by atoms with Crippen molar-refractivity contribution in [3.05, 3.63) is 0 Å². The highest BCUT2D eigenvalue weighted by Gasteiger charge is 2.36. The molecule has 0 aliphatic heterocycles. The van der Waals surface area contributed by atoms with E-state index in [2.05, 4.69) is 0 Å². The smallest absolute Gasteiger partial charge is 0.0512 e. The lowest BCUT2D eigenvalue weighted by molar-refractivity contribution is -0.0312. The molecule has 1 aliphatic carbocycles. The Hall–Kier alpha value is -0.120. The molecule has 0 radical (unpaired) electrons. The first kappa shape index (κ1) is 13.9. The topological polar surface area (TPSA) is 60.7 Å². The predicted molar refractivity (Wildman–Crippen MR) is 64.1 cm³/mol. The van der Waals surface area contributed by atoms with E-state index in [9.17, 15) is 15.3 Å². The Morgan fingerprint density at radius 1 is 0.812 bits per heavy atom. The zero-order valence-corrected chi connectivity index (χ0v) is 10.2. The van der Waals surface area contributed by atoms with Gasteiger partial charge in [0.1, 0.15) is 0 Å². The lowest BCUT2D eigenvalue weighted by Gasteiger charge is -2.38. The first-order valence-corrected chi connectivity index (χ1v) is 6.61. The molecule has 3 N–H and O–H groups in total. The molecule has 0 spiro atoms. The first-order valence-electron chi connectivity index (χ1n) is 6.61. The van der Waals surface area contributed by atoms with Gasteiger partial charge in [-0.3, -0.25) is 0 Å². The van der Waals surface area contributed by atoms with Crippen LogP contribution in [0.4, 0.5) is 0 Å². The number of hydrogen-bond acceptors (Lipinski definition) is 3. The minimum atomic E-state index is -0.452. The molecule has 3 heteroatoms. The molecule has 16 heavy (non-hydrogen) atoms. The van der Waals surface area contributed by atoms with E-state index >= 15 is 0 Å². The Bertz CT molecular complexity index is 178. The fourth-order valence-corrected chi connectivity index (χ4v) is 2.84. The molecule has 1 saturated carbocycles. The molecule has 1 fully saturated rings. The Kier molecular flexibility index (Phi) is 6.32. The van der Waals surface area contributed by atoms with E-state index < -0.39 is 5.41 Å². The molecule has 0 aromatic heterocycles. The maximum absolute atomic E-state index is 9.55. The quantitative estimate of drug-likeness (QED) is 0.691. The van der Waals surface area contributed by atoms with Gasteiger partial charge in [0.05, 0.1) is 13.2 Å². The molecular formula is C13H26O3. The van der Waals surface area contributed by atoms with Crippen LogP contribution in [0.15, 0.2) is 0 Å². The first-order chi connectivity index (χ1) is 7.79. The summed E-state index contributed by atoms with van der Waals surface area (Å²) in [4.78, 5) is 0. The number of aliphatic hydroxyl groups is 3. The van der Waals surface area contributed by atoms with Crippen LogP contribution in [-0.2, 0) is 0 Å².